The number of ether oxygens (including phenoxy) is 2. The van der Waals surface area contributed by atoms with E-state index in [2.05, 4.69) is 20.1 Å². The lowest BCUT2D eigenvalue weighted by molar-refractivity contribution is -0.153. The lowest BCUT2D eigenvalue weighted by Gasteiger charge is -2.34. The summed E-state index contributed by atoms with van der Waals surface area (Å²) in [6.07, 6.45) is -1.36. The highest BCUT2D eigenvalue weighted by molar-refractivity contribution is 7.23. The molecule has 0 radical (unpaired) electrons. The number of aromatic nitrogens is 2. The molecule has 2 unspecified atom stereocenters. The fraction of sp³-hybridized carbons (Fsp3) is 0.500. The smallest absolute Gasteiger partial charge is 0.422 e. The number of thiophene rings is 1. The molecule has 3 N–H and O–H groups in total. The molecule has 3 saturated heterocycles. The van der Waals surface area contributed by atoms with E-state index in [1.807, 2.05) is 6.07 Å². The summed E-state index contributed by atoms with van der Waals surface area (Å²) < 4.78 is 82.4. The van der Waals surface area contributed by atoms with Gasteiger partial charge in [0.1, 0.15) is 34.4 Å². The first kappa shape index (κ1) is 33.4. The van der Waals surface area contributed by atoms with Gasteiger partial charge in [-0.25, -0.2) is 8.78 Å². The van der Waals surface area contributed by atoms with E-state index in [4.69, 9.17) is 31.8 Å². The molecule has 4 aliphatic rings. The maximum atomic E-state index is 15.0. The van der Waals surface area contributed by atoms with Crippen LogP contribution >= 0.6 is 22.9 Å². The first-order chi connectivity index (χ1) is 23.9. The summed E-state index contributed by atoms with van der Waals surface area (Å²) in [5.74, 6) is -0.500. The number of hydrogen-bond donors (Lipinski definition) is 2. The van der Waals surface area contributed by atoms with Crippen molar-refractivity contribution in [1.82, 2.24) is 20.2 Å². The van der Waals surface area contributed by atoms with Crippen molar-refractivity contribution in [2.24, 2.45) is 5.41 Å². The maximum absolute atomic E-state index is 15.0. The van der Waals surface area contributed by atoms with Crippen LogP contribution in [0.1, 0.15) is 37.7 Å². The summed E-state index contributed by atoms with van der Waals surface area (Å²) in [6, 6.07) is 6.45. The van der Waals surface area contributed by atoms with Crippen molar-refractivity contribution in [1.29, 1.82) is 5.26 Å². The van der Waals surface area contributed by atoms with Gasteiger partial charge in [-0.05, 0) is 49.8 Å². The van der Waals surface area contributed by atoms with Gasteiger partial charge in [0.2, 0.25) is 0 Å². The van der Waals surface area contributed by atoms with Gasteiger partial charge in [-0.1, -0.05) is 17.7 Å². The minimum atomic E-state index is -4.73. The molecule has 3 aliphatic heterocycles. The van der Waals surface area contributed by atoms with Crippen molar-refractivity contribution in [3.05, 3.63) is 34.6 Å². The zero-order valence-corrected chi connectivity index (χ0v) is 28.3. The highest BCUT2D eigenvalue weighted by Crippen LogP contribution is 2.50. The molecule has 0 amide bonds. The average Bonchev–Trinajstić information content (AvgIpc) is 3.36. The summed E-state index contributed by atoms with van der Waals surface area (Å²) in [4.78, 5) is 13.7. The fourth-order valence-electron chi connectivity index (χ4n) is 7.64. The predicted octanol–water partition coefficient (Wildman–Crippen LogP) is 6.84. The van der Waals surface area contributed by atoms with E-state index in [9.17, 15) is 22.8 Å². The summed E-state index contributed by atoms with van der Waals surface area (Å²) >= 11 is 7.82. The molecular weight excluding hydrogens is 701 g/mol. The van der Waals surface area contributed by atoms with Gasteiger partial charge in [-0.2, -0.15) is 28.4 Å². The number of nitrogens with zero attached hydrogens (tertiary/aromatic N) is 5. The van der Waals surface area contributed by atoms with Gasteiger partial charge < -0.3 is 25.4 Å². The third kappa shape index (κ3) is 6.24. The molecule has 2 bridgehead atoms. The van der Waals surface area contributed by atoms with Gasteiger partial charge in [0, 0.05) is 66.6 Å². The summed E-state index contributed by atoms with van der Waals surface area (Å²) in [6.45, 7) is 1.50. The molecule has 264 valence electrons. The number of hydrogen-bond acceptors (Lipinski definition) is 10. The van der Waals surface area contributed by atoms with E-state index in [1.54, 1.807) is 6.07 Å². The van der Waals surface area contributed by atoms with Crippen LogP contribution in [0.2, 0.25) is 5.02 Å². The fourth-order valence-corrected chi connectivity index (χ4v) is 8.89. The maximum Gasteiger partial charge on any atom is 0.422 e. The number of nitrogens with one attached hydrogen (secondary N) is 1. The van der Waals surface area contributed by atoms with Crippen molar-refractivity contribution in [2.75, 3.05) is 56.6 Å². The van der Waals surface area contributed by atoms with Gasteiger partial charge in [0.15, 0.2) is 12.4 Å². The summed E-state index contributed by atoms with van der Waals surface area (Å²) in [5, 5.41) is 14.1. The van der Waals surface area contributed by atoms with E-state index in [0.29, 0.717) is 50.3 Å². The van der Waals surface area contributed by atoms with Crippen LogP contribution in [0.3, 0.4) is 0 Å². The molecule has 2 aromatic heterocycles. The van der Waals surface area contributed by atoms with Gasteiger partial charge in [-0.15, -0.1) is 11.3 Å². The number of nitrogens with two attached hydrogens (primary N) is 1. The Labute approximate surface area is 293 Å². The van der Waals surface area contributed by atoms with Gasteiger partial charge in [-0.3, -0.25) is 4.90 Å². The minimum absolute atomic E-state index is 0.00147. The largest absolute Gasteiger partial charge is 0.481 e. The molecule has 4 aromatic rings. The molecule has 50 heavy (non-hydrogen) atoms. The number of benzene rings is 2. The molecule has 9 nitrogen and oxygen atoms in total. The van der Waals surface area contributed by atoms with Crippen molar-refractivity contribution in [2.45, 2.75) is 56.5 Å². The normalized spacial score (nSPS) is 23.1. The topological polar surface area (TPSA) is 113 Å². The van der Waals surface area contributed by atoms with Gasteiger partial charge in [0.25, 0.3) is 0 Å². The number of fused-ring (bicyclic) bond motifs is 4. The number of rotatable bonds is 9. The van der Waals surface area contributed by atoms with Gasteiger partial charge >= 0.3 is 12.2 Å². The standard InChI is InChI=1S/C34H33ClF5N7O2S/c35-23-9-21-27(28(48-16-34(38,39)40)26(23)20-3-4-24(37)29-25(20)22(10-41)30(42)50-29)44-32(45-31(21)47-12-18-1-2-19(13-47)43-18)49-15-33(6-7-33)14-46-8-5-17(36)11-46/h3-4,9,17-19,43H,1-2,5-8,11-16,42H2/t17-,18?,19?/m1/s1. The number of nitriles is 1. The van der Waals surface area contributed by atoms with Gasteiger partial charge in [0.05, 0.1) is 21.9 Å². The molecule has 0 spiro atoms. The summed E-state index contributed by atoms with van der Waals surface area (Å²) in [5.41, 5.74) is 6.08. The van der Waals surface area contributed by atoms with Crippen LogP contribution in [0.5, 0.6) is 11.8 Å². The molecule has 8 rings (SSSR count). The second kappa shape index (κ2) is 12.5. The van der Waals surface area contributed by atoms with Crippen LogP contribution in [0.4, 0.5) is 32.8 Å². The van der Waals surface area contributed by atoms with Crippen LogP contribution < -0.4 is 25.4 Å². The third-order valence-electron chi connectivity index (χ3n) is 10.2. The first-order valence-electron chi connectivity index (χ1n) is 16.6. The monoisotopic (exact) mass is 733 g/mol. The SMILES string of the molecule is N#Cc1c(N)sc2c(F)ccc(-c3c(Cl)cc4c(N5CC6CCC(C5)N6)nc(OCC5(CN6CC[C@@H](F)C6)CC5)nc4c3OCC(F)(F)F)c12. The Morgan fingerprint density at radius 2 is 1.88 bits per heavy atom. The van der Waals surface area contributed by atoms with E-state index in [-0.39, 0.29) is 78.2 Å². The number of halogens is 6. The zero-order chi connectivity index (χ0) is 34.9. The quantitative estimate of drug-likeness (QED) is 0.179. The minimum Gasteiger partial charge on any atom is -0.481 e. The average molecular weight is 734 g/mol. The van der Waals surface area contributed by atoms with E-state index < -0.39 is 24.8 Å². The molecule has 2 aromatic carbocycles. The van der Waals surface area contributed by atoms with Crippen molar-refractivity contribution < 1.29 is 31.4 Å². The van der Waals surface area contributed by atoms with E-state index in [0.717, 1.165) is 43.1 Å². The van der Waals surface area contributed by atoms with E-state index >= 15 is 4.39 Å². The highest BCUT2D eigenvalue weighted by atomic mass is 35.5. The lowest BCUT2D eigenvalue weighted by atomic mass is 9.96. The molecule has 1 saturated carbocycles. The van der Waals surface area contributed by atoms with Crippen LogP contribution in [-0.2, 0) is 0 Å². The second-order valence-corrected chi connectivity index (χ2v) is 15.4. The van der Waals surface area contributed by atoms with E-state index in [1.165, 1.54) is 6.07 Å². The van der Waals surface area contributed by atoms with Crippen LogP contribution in [0, 0.1) is 22.6 Å². The molecule has 3 atom stereocenters. The van der Waals surface area contributed by atoms with Crippen molar-refractivity contribution >= 4 is 54.7 Å². The Kier molecular flexibility index (Phi) is 8.36. The molecule has 1 aliphatic carbocycles. The van der Waals surface area contributed by atoms with Crippen molar-refractivity contribution in [3.63, 3.8) is 0 Å². The Bertz CT molecular complexity index is 2020. The number of nitrogen functional groups attached to an aromatic ring is 1. The lowest BCUT2D eigenvalue weighted by Crippen LogP contribution is -2.51. The molecule has 16 heteroatoms. The van der Waals surface area contributed by atoms with Crippen LogP contribution in [-0.4, -0.2) is 85.2 Å². The number of alkyl halides is 4. The third-order valence-corrected chi connectivity index (χ3v) is 11.5. The Hall–Kier alpha value is -3.71. The van der Waals surface area contributed by atoms with Crippen LogP contribution in [0.15, 0.2) is 18.2 Å². The zero-order valence-electron chi connectivity index (χ0n) is 26.8. The second-order valence-electron chi connectivity index (χ2n) is 13.9. The molecule has 5 heterocycles. The number of piperazine rings is 1. The summed E-state index contributed by atoms with van der Waals surface area (Å²) in [7, 11) is 0. The van der Waals surface area contributed by atoms with Crippen LogP contribution in [0.25, 0.3) is 32.1 Å². The number of anilines is 2. The molecule has 4 fully saturated rings. The number of likely N-dealkylation sites (tertiary alicyclic amines) is 1. The Balaban J connectivity index is 1.29. The molecular formula is C34H33ClF5N7O2S. The Morgan fingerprint density at radius 1 is 1.12 bits per heavy atom. The van der Waals surface area contributed by atoms with Crippen molar-refractivity contribution in [3.8, 4) is 29.0 Å². The first-order valence-corrected chi connectivity index (χ1v) is 17.7. The predicted molar refractivity (Wildman–Crippen MR) is 181 cm³/mol. The Morgan fingerprint density at radius 3 is 2.54 bits per heavy atom. The highest BCUT2D eigenvalue weighted by Gasteiger charge is 2.46.